The van der Waals surface area contributed by atoms with Gasteiger partial charge in [-0.3, -0.25) is 37.3 Å². The summed E-state index contributed by atoms with van der Waals surface area (Å²) in [5.41, 5.74) is 0. The van der Waals surface area contributed by atoms with Crippen molar-refractivity contribution >= 4 is 39.5 Å². The van der Waals surface area contributed by atoms with E-state index in [9.17, 15) is 43.2 Å². The third-order valence-electron chi connectivity index (χ3n) is 13.1. The molecule has 0 aliphatic rings. The Balaban J connectivity index is 5.17. The Hall–Kier alpha value is -1.94. The summed E-state index contributed by atoms with van der Waals surface area (Å²) in [5.74, 6) is -2.15. The summed E-state index contributed by atoms with van der Waals surface area (Å²) in [6.45, 7) is 4.72. The van der Waals surface area contributed by atoms with Crippen molar-refractivity contribution in [1.29, 1.82) is 0 Å². The first-order valence-electron chi connectivity index (χ1n) is 30.3. The van der Waals surface area contributed by atoms with E-state index in [4.69, 9.17) is 37.0 Å². The highest BCUT2D eigenvalue weighted by molar-refractivity contribution is 7.47. The lowest BCUT2D eigenvalue weighted by Gasteiger charge is -2.21. The van der Waals surface area contributed by atoms with Crippen LogP contribution in [0.25, 0.3) is 0 Å². The minimum atomic E-state index is -4.93. The molecule has 0 aromatic carbocycles. The fourth-order valence-electron chi connectivity index (χ4n) is 8.40. The van der Waals surface area contributed by atoms with E-state index in [2.05, 4.69) is 27.7 Å². The Morgan fingerprint density at radius 1 is 0.316 bits per heavy atom. The molecule has 76 heavy (non-hydrogen) atoms. The van der Waals surface area contributed by atoms with Crippen molar-refractivity contribution in [2.75, 3.05) is 39.6 Å². The van der Waals surface area contributed by atoms with Crippen molar-refractivity contribution in [2.45, 2.75) is 303 Å². The van der Waals surface area contributed by atoms with Gasteiger partial charge in [0, 0.05) is 25.7 Å². The summed E-state index contributed by atoms with van der Waals surface area (Å²) in [7, 11) is -9.86. The van der Waals surface area contributed by atoms with Gasteiger partial charge < -0.3 is 33.8 Å². The fraction of sp³-hybridized carbons (Fsp3) is 0.930. The summed E-state index contributed by atoms with van der Waals surface area (Å²) < 4.78 is 67.4. The highest BCUT2D eigenvalue weighted by atomic mass is 31.2. The molecule has 17 nitrogen and oxygen atoms in total. The number of unbranched alkanes of at least 4 members (excludes halogenated alkanes) is 32. The van der Waals surface area contributed by atoms with Crippen LogP contribution in [0.2, 0.25) is 0 Å². The number of aliphatic hydroxyl groups excluding tert-OH is 1. The molecule has 0 aliphatic carbocycles. The normalized spacial score (nSPS) is 14.4. The van der Waals surface area contributed by atoms with Crippen molar-refractivity contribution in [3.63, 3.8) is 0 Å². The summed E-state index contributed by atoms with van der Waals surface area (Å²) >= 11 is 0. The van der Waals surface area contributed by atoms with Gasteiger partial charge in [-0.25, -0.2) is 9.13 Å². The Labute approximate surface area is 460 Å². The zero-order valence-electron chi connectivity index (χ0n) is 48.2. The molecule has 0 spiro atoms. The minimum absolute atomic E-state index is 0.104. The molecule has 0 saturated heterocycles. The maximum atomic E-state index is 12.9. The predicted octanol–water partition coefficient (Wildman–Crippen LogP) is 15.2. The highest BCUT2D eigenvalue weighted by Crippen LogP contribution is 2.45. The van der Waals surface area contributed by atoms with E-state index in [-0.39, 0.29) is 25.7 Å². The molecule has 0 fully saturated rings. The van der Waals surface area contributed by atoms with Crippen molar-refractivity contribution in [3.8, 4) is 0 Å². The van der Waals surface area contributed by atoms with Gasteiger partial charge >= 0.3 is 39.5 Å². The Morgan fingerprint density at radius 3 is 0.776 bits per heavy atom. The maximum absolute atomic E-state index is 12.9. The molecule has 3 N–H and O–H groups in total. The van der Waals surface area contributed by atoms with E-state index in [1.807, 2.05) is 0 Å². The largest absolute Gasteiger partial charge is 0.472 e. The van der Waals surface area contributed by atoms with Crippen molar-refractivity contribution in [2.24, 2.45) is 0 Å². The molecule has 5 atom stereocenters. The van der Waals surface area contributed by atoms with E-state index in [1.165, 1.54) is 103 Å². The van der Waals surface area contributed by atoms with E-state index in [0.717, 1.165) is 103 Å². The van der Waals surface area contributed by atoms with Crippen LogP contribution in [-0.2, 0) is 65.4 Å². The zero-order chi connectivity index (χ0) is 56.2. The molecule has 0 aromatic rings. The van der Waals surface area contributed by atoms with Crippen LogP contribution in [0.5, 0.6) is 0 Å². The molecule has 2 unspecified atom stereocenters. The number of phosphoric acid groups is 2. The number of hydrogen-bond donors (Lipinski definition) is 3. The van der Waals surface area contributed by atoms with Crippen LogP contribution in [0, 0.1) is 0 Å². The highest BCUT2D eigenvalue weighted by Gasteiger charge is 2.30. The standard InChI is InChI=1S/C57H110O17P2/c1-5-9-13-17-20-23-25-27-29-32-36-40-44-57(62)74-53(48-68-55(60)42-38-34-31-28-26-24-21-18-14-10-6-2)50-72-76(65,66)70-46-51(58)45-69-75(63,64)71-49-52(47-67-54(59)41-37-33-16-12-8-4)73-56(61)43-39-35-30-22-19-15-11-7-3/h51-53,58H,5-50H2,1-4H3,(H,63,64)(H,65,66)/t51-,52+,53+/m0/s1. The van der Waals surface area contributed by atoms with Crippen LogP contribution in [0.15, 0.2) is 0 Å². The Morgan fingerprint density at radius 2 is 0.526 bits per heavy atom. The van der Waals surface area contributed by atoms with Gasteiger partial charge in [0.1, 0.15) is 19.3 Å². The molecule has 0 amide bonds. The smallest absolute Gasteiger partial charge is 0.462 e. The van der Waals surface area contributed by atoms with Gasteiger partial charge in [-0.05, 0) is 25.7 Å². The molecular formula is C57H110O17P2. The summed E-state index contributed by atoms with van der Waals surface area (Å²) in [5, 5.41) is 10.5. The fourth-order valence-corrected chi connectivity index (χ4v) is 9.98. The van der Waals surface area contributed by atoms with Gasteiger partial charge in [-0.15, -0.1) is 0 Å². The van der Waals surface area contributed by atoms with Crippen molar-refractivity contribution in [3.05, 3.63) is 0 Å². The monoisotopic (exact) mass is 1130 g/mol. The van der Waals surface area contributed by atoms with E-state index >= 15 is 0 Å². The second-order valence-electron chi connectivity index (χ2n) is 20.7. The van der Waals surface area contributed by atoms with Crippen LogP contribution < -0.4 is 0 Å². The molecule has 0 radical (unpaired) electrons. The molecule has 0 aromatic heterocycles. The number of ether oxygens (including phenoxy) is 4. The first-order chi connectivity index (χ1) is 36.7. The minimum Gasteiger partial charge on any atom is -0.462 e. The topological polar surface area (TPSA) is 237 Å². The number of carbonyl (C=O) groups excluding carboxylic acids is 4. The molecule has 19 heteroatoms. The lowest BCUT2D eigenvalue weighted by atomic mass is 10.0. The lowest BCUT2D eigenvalue weighted by Crippen LogP contribution is -2.30. The zero-order valence-corrected chi connectivity index (χ0v) is 50.0. The summed E-state index contributed by atoms with van der Waals surface area (Å²) in [4.78, 5) is 71.5. The molecule has 0 heterocycles. The maximum Gasteiger partial charge on any atom is 0.472 e. The average Bonchev–Trinajstić information content (AvgIpc) is 3.39. The second-order valence-corrected chi connectivity index (χ2v) is 23.6. The number of hydrogen-bond acceptors (Lipinski definition) is 15. The van der Waals surface area contributed by atoms with Gasteiger partial charge in [-0.2, -0.15) is 0 Å². The number of aliphatic hydroxyl groups is 1. The van der Waals surface area contributed by atoms with Crippen LogP contribution in [-0.4, -0.2) is 96.7 Å². The second kappa shape index (κ2) is 52.4. The first-order valence-corrected chi connectivity index (χ1v) is 33.3. The SMILES string of the molecule is CCCCCCCCCCCCCCC(=O)O[C@H](COC(=O)CCCCCCCCCCCCC)COP(=O)(O)OC[C@@H](O)COP(=O)(O)OC[C@@H](COC(=O)CCCCCCC)OC(=O)CCCCCCCCCC. The Kier molecular flexibility index (Phi) is 51.1. The third-order valence-corrected chi connectivity index (χ3v) is 15.0. The number of esters is 4. The molecule has 0 bridgehead atoms. The third kappa shape index (κ3) is 51.5. The van der Waals surface area contributed by atoms with Crippen LogP contribution in [0.4, 0.5) is 0 Å². The van der Waals surface area contributed by atoms with Gasteiger partial charge in [0.25, 0.3) is 0 Å². The van der Waals surface area contributed by atoms with Gasteiger partial charge in [0.15, 0.2) is 12.2 Å². The summed E-state index contributed by atoms with van der Waals surface area (Å²) in [6.07, 6.45) is 35.1. The quantitative estimate of drug-likeness (QED) is 0.0222. The molecule has 0 rings (SSSR count). The van der Waals surface area contributed by atoms with E-state index in [0.29, 0.717) is 25.7 Å². The average molecular weight is 1130 g/mol. The molecular weight excluding hydrogens is 1020 g/mol. The summed E-state index contributed by atoms with van der Waals surface area (Å²) in [6, 6.07) is 0. The molecule has 0 aliphatic heterocycles. The van der Waals surface area contributed by atoms with Gasteiger partial charge in [0.2, 0.25) is 0 Å². The lowest BCUT2D eigenvalue weighted by molar-refractivity contribution is -0.161. The van der Waals surface area contributed by atoms with E-state index in [1.54, 1.807) is 0 Å². The molecule has 450 valence electrons. The number of rotatable bonds is 58. The van der Waals surface area contributed by atoms with Gasteiger partial charge in [-0.1, -0.05) is 233 Å². The van der Waals surface area contributed by atoms with Crippen LogP contribution in [0.1, 0.15) is 285 Å². The van der Waals surface area contributed by atoms with Crippen LogP contribution in [0.3, 0.4) is 0 Å². The van der Waals surface area contributed by atoms with E-state index < -0.39 is 97.5 Å². The number of carbonyl (C=O) groups is 4. The van der Waals surface area contributed by atoms with Crippen LogP contribution >= 0.6 is 15.6 Å². The van der Waals surface area contributed by atoms with Gasteiger partial charge in [0.05, 0.1) is 26.4 Å². The van der Waals surface area contributed by atoms with Crippen molar-refractivity contribution in [1.82, 2.24) is 0 Å². The van der Waals surface area contributed by atoms with Crippen molar-refractivity contribution < 1.29 is 80.2 Å². The predicted molar refractivity (Wildman–Crippen MR) is 299 cm³/mol. The first kappa shape index (κ1) is 74.1. The number of phosphoric ester groups is 2. The molecule has 0 saturated carbocycles. The Bertz CT molecular complexity index is 1490.